The quantitative estimate of drug-likeness (QED) is 0.688. The predicted molar refractivity (Wildman–Crippen MR) is 48.4 cm³/mol. The van der Waals surface area contributed by atoms with Gasteiger partial charge in [-0.05, 0) is 17.7 Å². The largest absolute Gasteiger partial charge is 0.392 e. The van der Waals surface area contributed by atoms with E-state index in [1.54, 1.807) is 24.3 Å². The fraction of sp³-hybridized carbons (Fsp3) is 0.300. The Labute approximate surface area is 73.1 Å². The van der Waals surface area contributed by atoms with Gasteiger partial charge >= 0.3 is 0 Å². The first-order valence-corrected chi connectivity index (χ1v) is 3.96. The molecule has 64 valence electrons. The molecule has 0 aliphatic carbocycles. The number of hydrogen-bond donors (Lipinski definition) is 1. The van der Waals surface area contributed by atoms with E-state index in [9.17, 15) is 0 Å². The molecule has 1 aromatic rings. The maximum atomic E-state index is 8.65. The third-order valence-electron chi connectivity index (χ3n) is 1.24. The summed E-state index contributed by atoms with van der Waals surface area (Å²) in [5, 5.41) is 17.1. The Kier molecular flexibility index (Phi) is 5.68. The Bertz CT molecular complexity index is 263. The topological polar surface area (TPSA) is 44.0 Å². The lowest BCUT2D eigenvalue weighted by Gasteiger charge is -1.93. The Morgan fingerprint density at radius 1 is 1.42 bits per heavy atom. The monoisotopic (exact) mass is 163 g/mol. The van der Waals surface area contributed by atoms with Crippen LogP contribution in [0.1, 0.15) is 25.0 Å². The van der Waals surface area contributed by atoms with Crippen LogP contribution in [0.15, 0.2) is 24.3 Å². The first-order chi connectivity index (χ1) is 5.86. The van der Waals surface area contributed by atoms with Crippen molar-refractivity contribution < 1.29 is 5.11 Å². The number of nitrogens with zero attached hydrogens (tertiary/aromatic N) is 1. The smallest absolute Gasteiger partial charge is 0.0991 e. The maximum Gasteiger partial charge on any atom is 0.0991 e. The van der Waals surface area contributed by atoms with Gasteiger partial charge < -0.3 is 5.11 Å². The molecule has 2 heteroatoms. The van der Waals surface area contributed by atoms with E-state index in [0.29, 0.717) is 5.56 Å². The zero-order valence-corrected chi connectivity index (χ0v) is 7.41. The summed E-state index contributed by atoms with van der Waals surface area (Å²) in [7, 11) is 0. The van der Waals surface area contributed by atoms with Crippen LogP contribution in [0, 0.1) is 11.3 Å². The number of rotatable bonds is 1. The Morgan fingerprint density at radius 2 is 2.08 bits per heavy atom. The number of benzene rings is 1. The van der Waals surface area contributed by atoms with Crippen molar-refractivity contribution in [2.45, 2.75) is 20.5 Å². The normalized spacial score (nSPS) is 7.83. The summed E-state index contributed by atoms with van der Waals surface area (Å²) in [6.45, 7) is 4.00. The van der Waals surface area contributed by atoms with Gasteiger partial charge in [-0.1, -0.05) is 26.0 Å². The number of aliphatic hydroxyl groups is 1. The summed E-state index contributed by atoms with van der Waals surface area (Å²) < 4.78 is 0. The molecule has 0 radical (unpaired) electrons. The van der Waals surface area contributed by atoms with Gasteiger partial charge in [-0.15, -0.1) is 0 Å². The zero-order valence-electron chi connectivity index (χ0n) is 7.41. The van der Waals surface area contributed by atoms with Crippen molar-refractivity contribution in [2.24, 2.45) is 0 Å². The van der Waals surface area contributed by atoms with E-state index in [-0.39, 0.29) is 6.61 Å². The molecule has 0 aliphatic heterocycles. The van der Waals surface area contributed by atoms with Crippen LogP contribution in [-0.2, 0) is 6.61 Å². The molecule has 0 atom stereocenters. The van der Waals surface area contributed by atoms with Gasteiger partial charge in [0.15, 0.2) is 0 Å². The number of aliphatic hydroxyl groups excluding tert-OH is 1. The minimum atomic E-state index is -0.00444. The van der Waals surface area contributed by atoms with E-state index in [1.165, 1.54) is 0 Å². The molecule has 1 aromatic carbocycles. The zero-order chi connectivity index (χ0) is 9.40. The average Bonchev–Trinajstić information content (AvgIpc) is 2.21. The summed E-state index contributed by atoms with van der Waals surface area (Å²) in [6.07, 6.45) is 0. The molecule has 0 saturated heterocycles. The van der Waals surface area contributed by atoms with Crippen molar-refractivity contribution in [3.8, 4) is 6.07 Å². The molecule has 0 saturated carbocycles. The van der Waals surface area contributed by atoms with Crippen LogP contribution in [0.4, 0.5) is 0 Å². The molecule has 0 fully saturated rings. The van der Waals surface area contributed by atoms with Gasteiger partial charge in [0.2, 0.25) is 0 Å². The van der Waals surface area contributed by atoms with Gasteiger partial charge in [0.1, 0.15) is 0 Å². The third-order valence-corrected chi connectivity index (χ3v) is 1.24. The SMILES string of the molecule is CC.N#Cc1cccc(CO)c1. The summed E-state index contributed by atoms with van der Waals surface area (Å²) in [6, 6.07) is 8.90. The summed E-state index contributed by atoms with van der Waals surface area (Å²) in [4.78, 5) is 0. The summed E-state index contributed by atoms with van der Waals surface area (Å²) in [5.41, 5.74) is 1.37. The average molecular weight is 163 g/mol. The molecule has 1 rings (SSSR count). The molecule has 0 aromatic heterocycles. The van der Waals surface area contributed by atoms with Gasteiger partial charge in [0, 0.05) is 0 Å². The minimum absolute atomic E-state index is 0.00444. The first-order valence-electron chi connectivity index (χ1n) is 3.96. The number of hydrogen-bond acceptors (Lipinski definition) is 2. The Hall–Kier alpha value is -1.33. The van der Waals surface area contributed by atoms with Crippen LogP contribution in [0.2, 0.25) is 0 Å². The van der Waals surface area contributed by atoms with Crippen molar-refractivity contribution in [1.29, 1.82) is 5.26 Å². The second kappa shape index (κ2) is 6.38. The highest BCUT2D eigenvalue weighted by molar-refractivity contribution is 5.32. The van der Waals surface area contributed by atoms with Crippen LogP contribution >= 0.6 is 0 Å². The maximum absolute atomic E-state index is 8.65. The van der Waals surface area contributed by atoms with E-state index in [2.05, 4.69) is 0 Å². The fourth-order valence-electron chi connectivity index (χ4n) is 0.739. The summed E-state index contributed by atoms with van der Waals surface area (Å²) in [5.74, 6) is 0. The first kappa shape index (κ1) is 10.7. The van der Waals surface area contributed by atoms with E-state index in [0.717, 1.165) is 5.56 Å². The van der Waals surface area contributed by atoms with Crippen LogP contribution in [0.5, 0.6) is 0 Å². The van der Waals surface area contributed by atoms with Crippen molar-refractivity contribution in [1.82, 2.24) is 0 Å². The van der Waals surface area contributed by atoms with Crippen LogP contribution in [0.3, 0.4) is 0 Å². The molecular weight excluding hydrogens is 150 g/mol. The highest BCUT2D eigenvalue weighted by Gasteiger charge is 1.90. The molecule has 0 aliphatic rings. The predicted octanol–water partition coefficient (Wildman–Crippen LogP) is 2.08. The molecule has 0 amide bonds. The van der Waals surface area contributed by atoms with Crippen molar-refractivity contribution >= 4 is 0 Å². The molecule has 12 heavy (non-hydrogen) atoms. The molecular formula is C10H13NO. The van der Waals surface area contributed by atoms with E-state index >= 15 is 0 Å². The highest BCUT2D eigenvalue weighted by Crippen LogP contribution is 2.02. The number of nitriles is 1. The lowest BCUT2D eigenvalue weighted by Crippen LogP contribution is -1.82. The molecule has 0 heterocycles. The second-order valence-corrected chi connectivity index (χ2v) is 1.97. The highest BCUT2D eigenvalue weighted by atomic mass is 16.3. The molecule has 0 unspecified atom stereocenters. The Morgan fingerprint density at radius 3 is 2.58 bits per heavy atom. The van der Waals surface area contributed by atoms with Crippen LogP contribution in [-0.4, -0.2) is 5.11 Å². The van der Waals surface area contributed by atoms with Crippen molar-refractivity contribution in [3.63, 3.8) is 0 Å². The second-order valence-electron chi connectivity index (χ2n) is 1.97. The lowest BCUT2D eigenvalue weighted by atomic mass is 10.1. The molecule has 0 spiro atoms. The Balaban J connectivity index is 0.000000561. The molecule has 2 nitrogen and oxygen atoms in total. The van der Waals surface area contributed by atoms with Gasteiger partial charge in [-0.25, -0.2) is 0 Å². The lowest BCUT2D eigenvalue weighted by molar-refractivity contribution is 0.282. The van der Waals surface area contributed by atoms with E-state index in [4.69, 9.17) is 10.4 Å². The van der Waals surface area contributed by atoms with Gasteiger partial charge in [-0.2, -0.15) is 5.26 Å². The van der Waals surface area contributed by atoms with Crippen LogP contribution < -0.4 is 0 Å². The van der Waals surface area contributed by atoms with Gasteiger partial charge in [0.05, 0.1) is 18.2 Å². The van der Waals surface area contributed by atoms with E-state index < -0.39 is 0 Å². The molecule has 1 N–H and O–H groups in total. The fourth-order valence-corrected chi connectivity index (χ4v) is 0.739. The van der Waals surface area contributed by atoms with Crippen molar-refractivity contribution in [3.05, 3.63) is 35.4 Å². The minimum Gasteiger partial charge on any atom is -0.392 e. The van der Waals surface area contributed by atoms with Gasteiger partial charge in [0.25, 0.3) is 0 Å². The molecule has 0 bridgehead atoms. The summed E-state index contributed by atoms with van der Waals surface area (Å²) >= 11 is 0. The van der Waals surface area contributed by atoms with Crippen LogP contribution in [0.25, 0.3) is 0 Å². The van der Waals surface area contributed by atoms with E-state index in [1.807, 2.05) is 19.9 Å². The van der Waals surface area contributed by atoms with Gasteiger partial charge in [-0.3, -0.25) is 0 Å². The third kappa shape index (κ3) is 3.18. The standard InChI is InChI=1S/C8H7NO.C2H6/c9-5-7-2-1-3-8(4-7)6-10;1-2/h1-4,10H,6H2;1-2H3. The van der Waals surface area contributed by atoms with Crippen molar-refractivity contribution in [2.75, 3.05) is 0 Å².